The van der Waals surface area contributed by atoms with Gasteiger partial charge in [0.05, 0.1) is 6.61 Å². The number of carbonyl (C=O) groups excluding carboxylic acids is 1. The minimum absolute atomic E-state index is 0.115. The van der Waals surface area contributed by atoms with Gasteiger partial charge < -0.3 is 15.5 Å². The highest BCUT2D eigenvalue weighted by Crippen LogP contribution is 2.35. The van der Waals surface area contributed by atoms with Crippen LogP contribution in [0, 0.1) is 0 Å². The van der Waals surface area contributed by atoms with Crippen LogP contribution in [0.2, 0.25) is 0 Å². The molecule has 0 saturated carbocycles. The van der Waals surface area contributed by atoms with Gasteiger partial charge in [-0.15, -0.1) is 0 Å². The molecule has 6 nitrogen and oxygen atoms in total. The summed E-state index contributed by atoms with van der Waals surface area (Å²) in [7, 11) is -4.18. The van der Waals surface area contributed by atoms with E-state index < -0.39 is 7.82 Å². The van der Waals surface area contributed by atoms with Gasteiger partial charge in [0.2, 0.25) is 5.91 Å². The SMILES string of the molecule is CCCCCCCC/C=C\CCCCCCCC(N)=O.CCCOP(=O)(O)O. The molecule has 0 aromatic carbocycles. The first-order valence-electron chi connectivity index (χ1n) is 11.0. The maximum Gasteiger partial charge on any atom is 0.469 e. The first-order chi connectivity index (χ1) is 13.3. The predicted molar refractivity (Wildman–Crippen MR) is 117 cm³/mol. The van der Waals surface area contributed by atoms with Gasteiger partial charge in [0.25, 0.3) is 0 Å². The van der Waals surface area contributed by atoms with Crippen LogP contribution in [-0.4, -0.2) is 22.3 Å². The Balaban J connectivity index is 0. The molecule has 0 aromatic heterocycles. The zero-order chi connectivity index (χ0) is 21.5. The summed E-state index contributed by atoms with van der Waals surface area (Å²) in [4.78, 5) is 26.6. The normalized spacial score (nSPS) is 11.4. The van der Waals surface area contributed by atoms with E-state index in [0.29, 0.717) is 12.8 Å². The van der Waals surface area contributed by atoms with Crippen LogP contribution in [0.25, 0.3) is 0 Å². The summed E-state index contributed by atoms with van der Waals surface area (Å²) in [6.45, 7) is 4.15. The fourth-order valence-corrected chi connectivity index (χ4v) is 3.00. The Morgan fingerprint density at radius 2 is 1.29 bits per heavy atom. The van der Waals surface area contributed by atoms with Crippen molar-refractivity contribution >= 4 is 13.7 Å². The number of unbranched alkanes of at least 4 members (excludes halogenated alkanes) is 11. The van der Waals surface area contributed by atoms with E-state index in [4.69, 9.17) is 15.5 Å². The Labute approximate surface area is 172 Å². The van der Waals surface area contributed by atoms with E-state index in [-0.39, 0.29) is 12.5 Å². The number of carbonyl (C=O) groups is 1. The van der Waals surface area contributed by atoms with Crippen LogP contribution in [0.1, 0.15) is 110 Å². The van der Waals surface area contributed by atoms with Crippen molar-refractivity contribution in [3.63, 3.8) is 0 Å². The zero-order valence-corrected chi connectivity index (χ0v) is 19.0. The lowest BCUT2D eigenvalue weighted by Gasteiger charge is -2.00. The van der Waals surface area contributed by atoms with Gasteiger partial charge in [-0.05, 0) is 38.5 Å². The van der Waals surface area contributed by atoms with Crippen LogP contribution in [-0.2, 0) is 13.9 Å². The highest BCUT2D eigenvalue weighted by molar-refractivity contribution is 7.46. The molecule has 0 heterocycles. The van der Waals surface area contributed by atoms with E-state index in [2.05, 4.69) is 23.6 Å². The molecule has 0 radical (unpaired) electrons. The van der Waals surface area contributed by atoms with E-state index in [1.165, 1.54) is 70.6 Å². The highest BCUT2D eigenvalue weighted by Gasteiger charge is 2.11. The molecule has 0 spiro atoms. The number of hydrogen-bond donors (Lipinski definition) is 3. The third kappa shape index (κ3) is 32.9. The van der Waals surface area contributed by atoms with E-state index in [9.17, 15) is 9.36 Å². The van der Waals surface area contributed by atoms with Crippen molar-refractivity contribution in [1.29, 1.82) is 0 Å². The Morgan fingerprint density at radius 1 is 0.821 bits per heavy atom. The maximum absolute atomic E-state index is 10.5. The van der Waals surface area contributed by atoms with E-state index in [1.807, 2.05) is 0 Å². The molecule has 0 aliphatic carbocycles. The molecule has 0 fully saturated rings. The molecule has 28 heavy (non-hydrogen) atoms. The molecule has 1 amide bonds. The fourth-order valence-electron chi connectivity index (χ4n) is 2.58. The predicted octanol–water partition coefficient (Wildman–Crippen LogP) is 6.01. The molecule has 0 saturated heterocycles. The van der Waals surface area contributed by atoms with Crippen LogP contribution in [0.4, 0.5) is 0 Å². The molecule has 4 N–H and O–H groups in total. The molecule has 0 bridgehead atoms. The lowest BCUT2D eigenvalue weighted by molar-refractivity contribution is -0.118. The van der Waals surface area contributed by atoms with Gasteiger partial charge in [0.1, 0.15) is 0 Å². The highest BCUT2D eigenvalue weighted by atomic mass is 31.2. The molecule has 0 atom stereocenters. The third-order valence-corrected chi connectivity index (χ3v) is 4.67. The van der Waals surface area contributed by atoms with Crippen molar-refractivity contribution in [3.05, 3.63) is 12.2 Å². The number of phosphoric ester groups is 1. The summed E-state index contributed by atoms with van der Waals surface area (Å²) in [6.07, 6.45) is 22.5. The van der Waals surface area contributed by atoms with Gasteiger partial charge in [-0.3, -0.25) is 9.32 Å². The standard InChI is InChI=1S/C18H35NO.C3H9O4P/c1-2-3-4-5-6-7-8-9-10-11-12-13-14-15-16-17-18(19)20;1-2-3-7-8(4,5)6/h9-10H,2-8,11-17H2,1H3,(H2,19,20);2-3H2,1H3,(H2,4,5,6)/b10-9-;. The third-order valence-electron chi connectivity index (χ3n) is 4.15. The molecule has 0 aliphatic heterocycles. The molecule has 0 rings (SSSR count). The van der Waals surface area contributed by atoms with Gasteiger partial charge in [0, 0.05) is 6.42 Å². The monoisotopic (exact) mass is 421 g/mol. The minimum atomic E-state index is -4.18. The molecule has 168 valence electrons. The number of phosphoric acid groups is 1. The fraction of sp³-hybridized carbons (Fsp3) is 0.857. The van der Waals surface area contributed by atoms with Crippen molar-refractivity contribution < 1.29 is 23.7 Å². The van der Waals surface area contributed by atoms with Gasteiger partial charge in [-0.1, -0.05) is 77.4 Å². The van der Waals surface area contributed by atoms with Crippen molar-refractivity contribution in [2.45, 2.75) is 110 Å². The number of amides is 1. The quantitative estimate of drug-likeness (QED) is 0.142. The smallest absolute Gasteiger partial charge is 0.370 e. The van der Waals surface area contributed by atoms with Crippen LogP contribution >= 0.6 is 7.82 Å². The number of allylic oxidation sites excluding steroid dienone is 2. The second-order valence-electron chi connectivity index (χ2n) is 7.12. The van der Waals surface area contributed by atoms with Gasteiger partial charge >= 0.3 is 7.82 Å². The number of primary amides is 1. The van der Waals surface area contributed by atoms with Crippen LogP contribution < -0.4 is 5.73 Å². The summed E-state index contributed by atoms with van der Waals surface area (Å²) in [5, 5.41) is 0. The summed E-state index contributed by atoms with van der Waals surface area (Å²) in [6, 6.07) is 0. The van der Waals surface area contributed by atoms with Crippen LogP contribution in [0.15, 0.2) is 12.2 Å². The topological polar surface area (TPSA) is 110 Å². The van der Waals surface area contributed by atoms with Gasteiger partial charge in [-0.25, -0.2) is 4.57 Å². The Bertz CT molecular complexity index is 410. The first-order valence-corrected chi connectivity index (χ1v) is 12.5. The second kappa shape index (κ2) is 22.6. The molecular formula is C21H44NO5P. The largest absolute Gasteiger partial charge is 0.469 e. The molecule has 0 unspecified atom stereocenters. The van der Waals surface area contributed by atoms with Crippen molar-refractivity contribution in [3.8, 4) is 0 Å². The van der Waals surface area contributed by atoms with Gasteiger partial charge in [-0.2, -0.15) is 0 Å². The minimum Gasteiger partial charge on any atom is -0.370 e. The number of nitrogens with two attached hydrogens (primary N) is 1. The van der Waals surface area contributed by atoms with E-state index in [1.54, 1.807) is 6.92 Å². The average Bonchev–Trinajstić information content (AvgIpc) is 2.63. The van der Waals surface area contributed by atoms with Crippen LogP contribution in [0.5, 0.6) is 0 Å². The Morgan fingerprint density at radius 3 is 1.68 bits per heavy atom. The maximum atomic E-state index is 10.5. The average molecular weight is 422 g/mol. The van der Waals surface area contributed by atoms with E-state index in [0.717, 1.165) is 12.8 Å². The summed E-state index contributed by atoms with van der Waals surface area (Å²) in [5.41, 5.74) is 5.10. The van der Waals surface area contributed by atoms with Crippen molar-refractivity contribution in [2.75, 3.05) is 6.61 Å². The summed E-state index contributed by atoms with van der Waals surface area (Å²) < 4.78 is 13.9. The zero-order valence-electron chi connectivity index (χ0n) is 18.1. The molecule has 0 aromatic rings. The van der Waals surface area contributed by atoms with Crippen molar-refractivity contribution in [2.24, 2.45) is 5.73 Å². The number of rotatable bonds is 18. The molecule has 7 heteroatoms. The second-order valence-corrected chi connectivity index (χ2v) is 8.36. The summed E-state index contributed by atoms with van der Waals surface area (Å²) in [5.74, 6) is -0.164. The first kappa shape index (κ1) is 29.5. The van der Waals surface area contributed by atoms with E-state index >= 15 is 0 Å². The lowest BCUT2D eigenvalue weighted by atomic mass is 10.1. The van der Waals surface area contributed by atoms with Gasteiger partial charge in [0.15, 0.2) is 0 Å². The Hall–Kier alpha value is -0.680. The van der Waals surface area contributed by atoms with Crippen molar-refractivity contribution in [1.82, 2.24) is 0 Å². The summed E-state index contributed by atoms with van der Waals surface area (Å²) >= 11 is 0. The Kier molecular flexibility index (Phi) is 23.8. The van der Waals surface area contributed by atoms with Crippen LogP contribution in [0.3, 0.4) is 0 Å². The number of hydrogen-bond acceptors (Lipinski definition) is 3. The molecular weight excluding hydrogens is 377 g/mol. The lowest BCUT2D eigenvalue weighted by Crippen LogP contribution is -2.09. The molecule has 0 aliphatic rings.